The first-order chi connectivity index (χ1) is 9.37. The van der Waals surface area contributed by atoms with Gasteiger partial charge in [-0.15, -0.1) is 11.3 Å². The van der Waals surface area contributed by atoms with Gasteiger partial charge in [0.25, 0.3) is 0 Å². The van der Waals surface area contributed by atoms with E-state index in [1.54, 1.807) is 13.8 Å². The van der Waals surface area contributed by atoms with Crippen molar-refractivity contribution in [1.82, 2.24) is 10.6 Å². The number of rotatable bonds is 7. The molecule has 1 aromatic heterocycles. The molecule has 0 aliphatic carbocycles. The average molecular weight is 319 g/mol. The van der Waals surface area contributed by atoms with E-state index in [4.69, 9.17) is 16.7 Å². The van der Waals surface area contributed by atoms with Gasteiger partial charge in [-0.3, -0.25) is 4.79 Å². The zero-order chi connectivity index (χ0) is 15.2. The van der Waals surface area contributed by atoms with Gasteiger partial charge >= 0.3 is 12.0 Å². The van der Waals surface area contributed by atoms with Crippen molar-refractivity contribution >= 4 is 34.9 Å². The summed E-state index contributed by atoms with van der Waals surface area (Å²) in [5.74, 6) is -0.909. The standard InChI is InChI=1S/C13H19ClN2O3S/c1-3-13(2,11(17)18)8-16-12(19)15-7-6-9-4-5-10(14)20-9/h4-5H,3,6-8H2,1-2H3,(H,17,18)(H2,15,16,19). The number of carboxylic acid groups (broad SMARTS) is 1. The Morgan fingerprint density at radius 2 is 2.10 bits per heavy atom. The van der Waals surface area contributed by atoms with Gasteiger partial charge in [0.1, 0.15) is 0 Å². The summed E-state index contributed by atoms with van der Waals surface area (Å²) < 4.78 is 0.727. The van der Waals surface area contributed by atoms with Crippen molar-refractivity contribution in [3.63, 3.8) is 0 Å². The van der Waals surface area contributed by atoms with Gasteiger partial charge < -0.3 is 15.7 Å². The van der Waals surface area contributed by atoms with Crippen LogP contribution < -0.4 is 10.6 Å². The summed E-state index contributed by atoms with van der Waals surface area (Å²) in [5, 5.41) is 14.4. The monoisotopic (exact) mass is 318 g/mol. The normalized spacial score (nSPS) is 13.6. The van der Waals surface area contributed by atoms with E-state index in [-0.39, 0.29) is 12.6 Å². The molecule has 0 fully saturated rings. The molecule has 0 radical (unpaired) electrons. The van der Waals surface area contributed by atoms with Crippen molar-refractivity contribution < 1.29 is 14.7 Å². The minimum atomic E-state index is -0.932. The molecule has 7 heteroatoms. The maximum Gasteiger partial charge on any atom is 0.314 e. The van der Waals surface area contributed by atoms with Crippen molar-refractivity contribution in [2.75, 3.05) is 13.1 Å². The molecule has 0 spiro atoms. The smallest absolute Gasteiger partial charge is 0.314 e. The summed E-state index contributed by atoms with van der Waals surface area (Å²) in [6, 6.07) is 3.39. The number of hydrogen-bond donors (Lipinski definition) is 3. The second kappa shape index (κ2) is 7.50. The molecule has 2 amide bonds. The Morgan fingerprint density at radius 1 is 1.40 bits per heavy atom. The molecule has 112 valence electrons. The van der Waals surface area contributed by atoms with Crippen molar-refractivity contribution in [3.05, 3.63) is 21.3 Å². The summed E-state index contributed by atoms with van der Waals surface area (Å²) in [6.45, 7) is 3.99. The van der Waals surface area contributed by atoms with E-state index in [1.807, 2.05) is 12.1 Å². The fraction of sp³-hybridized carbons (Fsp3) is 0.538. The van der Waals surface area contributed by atoms with E-state index in [1.165, 1.54) is 11.3 Å². The van der Waals surface area contributed by atoms with Gasteiger partial charge in [-0.05, 0) is 31.9 Å². The van der Waals surface area contributed by atoms with Crippen molar-refractivity contribution in [1.29, 1.82) is 0 Å². The number of carbonyl (C=O) groups excluding carboxylic acids is 1. The van der Waals surface area contributed by atoms with Crippen LogP contribution in [0.25, 0.3) is 0 Å². The fourth-order valence-corrected chi connectivity index (χ4v) is 2.56. The highest BCUT2D eigenvalue weighted by Crippen LogP contribution is 2.21. The molecule has 1 rings (SSSR count). The highest BCUT2D eigenvalue weighted by Gasteiger charge is 2.31. The largest absolute Gasteiger partial charge is 0.481 e. The van der Waals surface area contributed by atoms with Crippen LogP contribution in [0, 0.1) is 5.41 Å². The summed E-state index contributed by atoms with van der Waals surface area (Å²) in [6.07, 6.45) is 1.16. The number of aliphatic carboxylic acids is 1. The number of carbonyl (C=O) groups is 2. The second-order valence-corrected chi connectivity index (χ2v) is 6.58. The Bertz CT molecular complexity index is 478. The lowest BCUT2D eigenvalue weighted by molar-refractivity contribution is -0.147. The topological polar surface area (TPSA) is 78.4 Å². The van der Waals surface area contributed by atoms with Crippen LogP contribution in [0.2, 0.25) is 4.34 Å². The van der Waals surface area contributed by atoms with Crippen LogP contribution in [-0.4, -0.2) is 30.2 Å². The molecule has 0 bridgehead atoms. The van der Waals surface area contributed by atoms with Crippen molar-refractivity contribution in [2.24, 2.45) is 5.41 Å². The summed E-state index contributed by atoms with van der Waals surface area (Å²) in [7, 11) is 0. The van der Waals surface area contributed by atoms with Gasteiger partial charge in [0, 0.05) is 18.0 Å². The third-order valence-electron chi connectivity index (χ3n) is 3.22. The maximum atomic E-state index is 11.6. The first kappa shape index (κ1) is 16.8. The first-order valence-corrected chi connectivity index (χ1v) is 7.56. The molecule has 1 heterocycles. The van der Waals surface area contributed by atoms with Crippen LogP contribution in [0.15, 0.2) is 12.1 Å². The second-order valence-electron chi connectivity index (χ2n) is 4.78. The highest BCUT2D eigenvalue weighted by atomic mass is 35.5. The SMILES string of the molecule is CCC(C)(CNC(=O)NCCc1ccc(Cl)s1)C(=O)O. The lowest BCUT2D eigenvalue weighted by Gasteiger charge is -2.23. The summed E-state index contributed by atoms with van der Waals surface area (Å²) in [5.41, 5.74) is -0.932. The minimum absolute atomic E-state index is 0.107. The Labute approximate surface area is 127 Å². The zero-order valence-electron chi connectivity index (χ0n) is 11.5. The summed E-state index contributed by atoms with van der Waals surface area (Å²) >= 11 is 7.29. The molecule has 1 atom stereocenters. The third kappa shape index (κ3) is 5.02. The molecule has 0 saturated carbocycles. The van der Waals surface area contributed by atoms with E-state index >= 15 is 0 Å². The van der Waals surface area contributed by atoms with E-state index in [0.29, 0.717) is 19.4 Å². The number of urea groups is 1. The molecule has 0 saturated heterocycles. The molecule has 20 heavy (non-hydrogen) atoms. The Kier molecular flexibility index (Phi) is 6.29. The van der Waals surface area contributed by atoms with Gasteiger partial charge in [-0.25, -0.2) is 4.79 Å². The Morgan fingerprint density at radius 3 is 2.60 bits per heavy atom. The lowest BCUT2D eigenvalue weighted by atomic mass is 9.88. The summed E-state index contributed by atoms with van der Waals surface area (Å²) in [4.78, 5) is 23.8. The zero-order valence-corrected chi connectivity index (χ0v) is 13.1. The van der Waals surface area contributed by atoms with Crippen LogP contribution >= 0.6 is 22.9 Å². The van der Waals surface area contributed by atoms with Gasteiger partial charge in [0.2, 0.25) is 0 Å². The molecule has 0 aromatic carbocycles. The minimum Gasteiger partial charge on any atom is -0.481 e. The van der Waals surface area contributed by atoms with Crippen LogP contribution in [0.3, 0.4) is 0 Å². The molecular formula is C13H19ClN2O3S. The Hall–Kier alpha value is -1.27. The highest BCUT2D eigenvalue weighted by molar-refractivity contribution is 7.16. The number of amides is 2. The van der Waals surface area contributed by atoms with Gasteiger partial charge in [0.05, 0.1) is 9.75 Å². The lowest BCUT2D eigenvalue weighted by Crippen LogP contribution is -2.45. The van der Waals surface area contributed by atoms with E-state index in [0.717, 1.165) is 9.21 Å². The van der Waals surface area contributed by atoms with Crippen LogP contribution in [-0.2, 0) is 11.2 Å². The predicted molar refractivity (Wildman–Crippen MR) is 80.5 cm³/mol. The third-order valence-corrected chi connectivity index (χ3v) is 4.51. The predicted octanol–water partition coefficient (Wildman–Crippen LogP) is 2.74. The maximum absolute atomic E-state index is 11.6. The first-order valence-electron chi connectivity index (χ1n) is 6.36. The van der Waals surface area contributed by atoms with E-state index < -0.39 is 11.4 Å². The molecule has 5 nitrogen and oxygen atoms in total. The molecular weight excluding hydrogens is 300 g/mol. The molecule has 1 unspecified atom stereocenters. The number of nitrogens with one attached hydrogen (secondary N) is 2. The van der Waals surface area contributed by atoms with Crippen molar-refractivity contribution in [3.8, 4) is 0 Å². The van der Waals surface area contributed by atoms with E-state index in [2.05, 4.69) is 10.6 Å². The van der Waals surface area contributed by atoms with Gasteiger partial charge in [-0.1, -0.05) is 18.5 Å². The number of thiophene rings is 1. The average Bonchev–Trinajstić information content (AvgIpc) is 2.81. The quantitative estimate of drug-likeness (QED) is 0.723. The fourth-order valence-electron chi connectivity index (χ4n) is 1.48. The van der Waals surface area contributed by atoms with Crippen LogP contribution in [0.5, 0.6) is 0 Å². The van der Waals surface area contributed by atoms with Gasteiger partial charge in [-0.2, -0.15) is 0 Å². The number of hydrogen-bond acceptors (Lipinski definition) is 3. The molecule has 3 N–H and O–H groups in total. The number of halogens is 1. The van der Waals surface area contributed by atoms with Crippen LogP contribution in [0.4, 0.5) is 4.79 Å². The Balaban J connectivity index is 2.28. The van der Waals surface area contributed by atoms with Crippen molar-refractivity contribution in [2.45, 2.75) is 26.7 Å². The van der Waals surface area contributed by atoms with Gasteiger partial charge in [0.15, 0.2) is 0 Å². The van der Waals surface area contributed by atoms with Crippen LogP contribution in [0.1, 0.15) is 25.1 Å². The molecule has 0 aliphatic heterocycles. The molecule has 1 aromatic rings. The number of carboxylic acids is 1. The van der Waals surface area contributed by atoms with E-state index in [9.17, 15) is 9.59 Å². The molecule has 0 aliphatic rings.